The Bertz CT molecular complexity index is 498. The van der Waals surface area contributed by atoms with E-state index in [-0.39, 0.29) is 5.69 Å². The lowest BCUT2D eigenvalue weighted by atomic mass is 10.2. The van der Waals surface area contributed by atoms with E-state index in [9.17, 15) is 21.6 Å². The molecular weight excluding hydrogens is 358 g/mol. The molecule has 0 atom stereocenters. The molecule has 1 aromatic carbocycles. The van der Waals surface area contributed by atoms with Crippen LogP contribution in [0.2, 0.25) is 0 Å². The molecule has 3 nitrogen and oxygen atoms in total. The summed E-state index contributed by atoms with van der Waals surface area (Å²) in [4.78, 5) is 0. The van der Waals surface area contributed by atoms with Crippen LogP contribution in [0.3, 0.4) is 0 Å². The predicted molar refractivity (Wildman–Crippen MR) is 62.6 cm³/mol. The molecule has 0 amide bonds. The summed E-state index contributed by atoms with van der Waals surface area (Å²) in [6.45, 7) is 0. The van der Waals surface area contributed by atoms with Crippen molar-refractivity contribution in [1.82, 2.24) is 0 Å². The molecule has 0 aliphatic carbocycles. The van der Waals surface area contributed by atoms with Crippen molar-refractivity contribution in [3.63, 3.8) is 0 Å². The number of halogens is 4. The van der Waals surface area contributed by atoms with Gasteiger partial charge < -0.3 is 0 Å². The molecule has 0 fully saturated rings. The minimum atomic E-state index is -4.49. The summed E-state index contributed by atoms with van der Waals surface area (Å²) >= 11 is 1.69. The Morgan fingerprint density at radius 1 is 1.25 bits per heavy atom. The van der Waals surface area contributed by atoms with Crippen molar-refractivity contribution in [3.8, 4) is 0 Å². The van der Waals surface area contributed by atoms with Crippen molar-refractivity contribution < 1.29 is 21.6 Å². The fourth-order valence-corrected chi connectivity index (χ4v) is 2.24. The molecule has 1 aromatic rings. The van der Waals surface area contributed by atoms with Crippen molar-refractivity contribution in [3.05, 3.63) is 27.3 Å². The highest BCUT2D eigenvalue weighted by atomic mass is 127. The molecule has 0 aliphatic rings. The van der Waals surface area contributed by atoms with Gasteiger partial charge in [-0.1, -0.05) is 0 Å². The lowest BCUT2D eigenvalue weighted by Crippen LogP contribution is -2.12. The van der Waals surface area contributed by atoms with E-state index in [1.165, 1.54) is 6.07 Å². The van der Waals surface area contributed by atoms with Crippen LogP contribution in [0.4, 0.5) is 18.9 Å². The molecule has 1 N–H and O–H groups in total. The average Bonchev–Trinajstić information content (AvgIpc) is 1.97. The summed E-state index contributed by atoms with van der Waals surface area (Å²) in [5, 5.41) is 0. The average molecular weight is 365 g/mol. The first-order valence-electron chi connectivity index (χ1n) is 3.93. The first-order chi connectivity index (χ1) is 7.08. The highest BCUT2D eigenvalue weighted by molar-refractivity contribution is 14.1. The second-order valence-corrected chi connectivity index (χ2v) is 6.09. The maximum atomic E-state index is 12.4. The summed E-state index contributed by atoms with van der Waals surface area (Å²) in [6.07, 6.45) is -3.62. The highest BCUT2D eigenvalue weighted by Gasteiger charge is 2.31. The lowest BCUT2D eigenvalue weighted by molar-refractivity contribution is -0.137. The van der Waals surface area contributed by atoms with Crippen LogP contribution in [0, 0.1) is 3.57 Å². The van der Waals surface area contributed by atoms with Crippen molar-refractivity contribution in [2.75, 3.05) is 11.0 Å². The van der Waals surface area contributed by atoms with Crippen LogP contribution < -0.4 is 4.72 Å². The van der Waals surface area contributed by atoms with Crippen LogP contribution in [0.1, 0.15) is 5.56 Å². The van der Waals surface area contributed by atoms with Gasteiger partial charge in [-0.25, -0.2) is 8.42 Å². The normalized spacial score (nSPS) is 12.6. The maximum Gasteiger partial charge on any atom is 0.416 e. The number of rotatable bonds is 2. The maximum absolute atomic E-state index is 12.4. The van der Waals surface area contributed by atoms with Crippen LogP contribution in [0.5, 0.6) is 0 Å². The largest absolute Gasteiger partial charge is 0.416 e. The van der Waals surface area contributed by atoms with E-state index in [1.807, 2.05) is 4.72 Å². The third-order valence-electron chi connectivity index (χ3n) is 1.53. The Kier molecular flexibility index (Phi) is 3.72. The fraction of sp³-hybridized carbons (Fsp3) is 0.250. The zero-order chi connectivity index (χ0) is 12.6. The molecule has 1 rings (SSSR count). The second kappa shape index (κ2) is 4.40. The molecule has 0 aromatic heterocycles. The van der Waals surface area contributed by atoms with E-state index in [1.54, 1.807) is 22.6 Å². The van der Waals surface area contributed by atoms with Gasteiger partial charge in [0.1, 0.15) is 0 Å². The Hall–Kier alpha value is -0.510. The number of hydrogen-bond donors (Lipinski definition) is 1. The quantitative estimate of drug-likeness (QED) is 0.820. The molecule has 0 bridgehead atoms. The number of anilines is 1. The summed E-state index contributed by atoms with van der Waals surface area (Å²) in [6, 6.07) is 3.01. The van der Waals surface area contributed by atoms with Gasteiger partial charge in [0.05, 0.1) is 17.5 Å². The van der Waals surface area contributed by atoms with Crippen LogP contribution in [-0.4, -0.2) is 14.7 Å². The summed E-state index contributed by atoms with van der Waals surface area (Å²) in [5.41, 5.74) is -0.979. The molecule has 0 aliphatic heterocycles. The van der Waals surface area contributed by atoms with E-state index in [0.29, 0.717) is 3.57 Å². The third kappa shape index (κ3) is 4.16. The number of nitrogens with one attached hydrogen (secondary N) is 1. The van der Waals surface area contributed by atoms with Gasteiger partial charge in [-0.05, 0) is 40.8 Å². The number of benzene rings is 1. The second-order valence-electron chi connectivity index (χ2n) is 3.10. The molecule has 16 heavy (non-hydrogen) atoms. The first kappa shape index (κ1) is 13.6. The molecule has 0 saturated heterocycles. The van der Waals surface area contributed by atoms with Gasteiger partial charge in [-0.15, -0.1) is 0 Å². The Morgan fingerprint density at radius 2 is 1.81 bits per heavy atom. The fourth-order valence-electron chi connectivity index (χ4n) is 1.03. The smallest absolute Gasteiger partial charge is 0.284 e. The number of hydrogen-bond acceptors (Lipinski definition) is 2. The van der Waals surface area contributed by atoms with Gasteiger partial charge in [0.15, 0.2) is 0 Å². The molecule has 0 spiro atoms. The SMILES string of the molecule is CS(=O)(=O)Nc1cc(I)cc(C(F)(F)F)c1. The zero-order valence-electron chi connectivity index (χ0n) is 7.97. The molecule has 8 heteroatoms. The van der Waals surface area contributed by atoms with Gasteiger partial charge in [-0.2, -0.15) is 13.2 Å². The van der Waals surface area contributed by atoms with Gasteiger partial charge in [-0.3, -0.25) is 4.72 Å². The first-order valence-corrected chi connectivity index (χ1v) is 6.90. The summed E-state index contributed by atoms with van der Waals surface area (Å²) in [5.74, 6) is 0. The zero-order valence-corrected chi connectivity index (χ0v) is 10.9. The van der Waals surface area contributed by atoms with Gasteiger partial charge in [0.25, 0.3) is 0 Å². The van der Waals surface area contributed by atoms with Crippen molar-refractivity contribution in [1.29, 1.82) is 0 Å². The van der Waals surface area contributed by atoms with E-state index in [4.69, 9.17) is 0 Å². The van der Waals surface area contributed by atoms with Crippen molar-refractivity contribution >= 4 is 38.3 Å². The molecular formula is C8H7F3INO2S. The van der Waals surface area contributed by atoms with Crippen LogP contribution >= 0.6 is 22.6 Å². The van der Waals surface area contributed by atoms with Crippen LogP contribution in [0.15, 0.2) is 18.2 Å². The minimum absolute atomic E-state index is 0.0956. The van der Waals surface area contributed by atoms with Crippen molar-refractivity contribution in [2.24, 2.45) is 0 Å². The van der Waals surface area contributed by atoms with E-state index in [2.05, 4.69) is 0 Å². The third-order valence-corrected chi connectivity index (χ3v) is 2.76. The van der Waals surface area contributed by atoms with Crippen molar-refractivity contribution in [2.45, 2.75) is 6.18 Å². The number of alkyl halides is 3. The Balaban J connectivity index is 3.19. The number of sulfonamides is 1. The molecule has 0 heterocycles. The minimum Gasteiger partial charge on any atom is -0.284 e. The van der Waals surface area contributed by atoms with Gasteiger partial charge in [0.2, 0.25) is 10.0 Å². The Morgan fingerprint density at radius 3 is 2.25 bits per heavy atom. The standard InChI is InChI=1S/C8H7F3INO2S/c1-16(14,15)13-7-3-5(8(9,10)11)2-6(12)4-7/h2-4,13H,1H3. The van der Waals surface area contributed by atoms with E-state index < -0.39 is 21.8 Å². The molecule has 0 saturated carbocycles. The molecule has 0 radical (unpaired) electrons. The van der Waals surface area contributed by atoms with Gasteiger partial charge in [0, 0.05) is 3.57 Å². The van der Waals surface area contributed by atoms with Crippen LogP contribution in [-0.2, 0) is 16.2 Å². The highest BCUT2D eigenvalue weighted by Crippen LogP contribution is 2.32. The van der Waals surface area contributed by atoms with E-state index >= 15 is 0 Å². The molecule has 0 unspecified atom stereocenters. The summed E-state index contributed by atoms with van der Waals surface area (Å²) < 4.78 is 61.3. The molecule has 90 valence electrons. The topological polar surface area (TPSA) is 46.2 Å². The Labute approximate surface area is 104 Å². The lowest BCUT2D eigenvalue weighted by Gasteiger charge is -2.10. The van der Waals surface area contributed by atoms with E-state index in [0.717, 1.165) is 18.4 Å². The summed E-state index contributed by atoms with van der Waals surface area (Å²) in [7, 11) is -3.58. The van der Waals surface area contributed by atoms with Gasteiger partial charge >= 0.3 is 6.18 Å². The van der Waals surface area contributed by atoms with Crippen LogP contribution in [0.25, 0.3) is 0 Å². The predicted octanol–water partition coefficient (Wildman–Crippen LogP) is 2.68. The monoisotopic (exact) mass is 365 g/mol.